The number of hydrogen-bond donors (Lipinski definition) is 1. The molecule has 0 aliphatic carbocycles. The Morgan fingerprint density at radius 1 is 1.50 bits per heavy atom. The van der Waals surface area contributed by atoms with E-state index in [1.165, 1.54) is 6.07 Å². The lowest BCUT2D eigenvalue weighted by molar-refractivity contribution is 0.102. The highest BCUT2D eigenvalue weighted by Crippen LogP contribution is 2.21. The number of halogens is 2. The van der Waals surface area contributed by atoms with E-state index in [4.69, 9.17) is 0 Å². The predicted octanol–water partition coefficient (Wildman–Crippen LogP) is 2.24. The summed E-state index contributed by atoms with van der Waals surface area (Å²) in [6, 6.07) is 4.90. The van der Waals surface area contributed by atoms with Crippen molar-refractivity contribution in [1.29, 1.82) is 0 Å². The van der Waals surface area contributed by atoms with Crippen molar-refractivity contribution in [3.05, 3.63) is 27.3 Å². The van der Waals surface area contributed by atoms with Gasteiger partial charge >= 0.3 is 0 Å². The van der Waals surface area contributed by atoms with Crippen molar-refractivity contribution < 1.29 is 13.2 Å². The highest BCUT2D eigenvalue weighted by molar-refractivity contribution is 14.1. The number of rotatable bonds is 4. The standard InChI is InChI=1S/C9H9BrINO3S/c1-16(14,15)12-8-4-6(9(13)5-10)2-3-7(8)11/h2-4,12H,5H2,1H3. The lowest BCUT2D eigenvalue weighted by atomic mass is 10.1. The lowest BCUT2D eigenvalue weighted by Crippen LogP contribution is -2.11. The largest absolute Gasteiger partial charge is 0.293 e. The zero-order valence-electron chi connectivity index (χ0n) is 8.33. The third kappa shape index (κ3) is 4.02. The van der Waals surface area contributed by atoms with Crippen molar-refractivity contribution in [2.24, 2.45) is 0 Å². The third-order valence-corrected chi connectivity index (χ3v) is 3.75. The van der Waals surface area contributed by atoms with Gasteiger partial charge in [-0.2, -0.15) is 0 Å². The third-order valence-electron chi connectivity index (χ3n) is 1.71. The van der Waals surface area contributed by atoms with E-state index >= 15 is 0 Å². The molecule has 1 rings (SSSR count). The van der Waals surface area contributed by atoms with Gasteiger partial charge in [0.05, 0.1) is 17.3 Å². The number of ketones is 1. The fourth-order valence-electron chi connectivity index (χ4n) is 1.05. The molecule has 0 spiro atoms. The second-order valence-corrected chi connectivity index (χ2v) is 6.60. The number of Topliss-reactive ketones (excluding diaryl/α,β-unsaturated/α-hetero) is 1. The first-order chi connectivity index (χ1) is 7.33. The van der Waals surface area contributed by atoms with Gasteiger partial charge in [-0.3, -0.25) is 9.52 Å². The Labute approximate surface area is 116 Å². The van der Waals surface area contributed by atoms with Crippen molar-refractivity contribution in [2.75, 3.05) is 16.3 Å². The fourth-order valence-corrected chi connectivity index (χ4v) is 2.60. The molecule has 1 aromatic carbocycles. The van der Waals surface area contributed by atoms with Crippen LogP contribution in [0.15, 0.2) is 18.2 Å². The number of carbonyl (C=O) groups excluding carboxylic acids is 1. The van der Waals surface area contributed by atoms with Gasteiger partial charge in [0.15, 0.2) is 5.78 Å². The molecular formula is C9H9BrINO3S. The monoisotopic (exact) mass is 417 g/mol. The Morgan fingerprint density at radius 2 is 2.12 bits per heavy atom. The van der Waals surface area contributed by atoms with Crippen LogP contribution in [0.25, 0.3) is 0 Å². The molecule has 0 atom stereocenters. The second kappa shape index (κ2) is 5.46. The van der Waals surface area contributed by atoms with Crippen LogP contribution in [0.3, 0.4) is 0 Å². The molecule has 0 heterocycles. The number of nitrogens with one attached hydrogen (secondary N) is 1. The van der Waals surface area contributed by atoms with Crippen LogP contribution in [0.5, 0.6) is 0 Å². The molecule has 0 fully saturated rings. The quantitative estimate of drug-likeness (QED) is 0.464. The predicted molar refractivity (Wildman–Crippen MR) is 75.8 cm³/mol. The van der Waals surface area contributed by atoms with Crippen molar-refractivity contribution >= 4 is 60.0 Å². The average molecular weight is 418 g/mol. The molecule has 0 aliphatic heterocycles. The number of benzene rings is 1. The van der Waals surface area contributed by atoms with Gasteiger partial charge in [-0.05, 0) is 34.7 Å². The Balaban J connectivity index is 3.14. The summed E-state index contributed by atoms with van der Waals surface area (Å²) in [6.45, 7) is 0. The zero-order valence-corrected chi connectivity index (χ0v) is 12.9. The number of sulfonamides is 1. The van der Waals surface area contributed by atoms with Crippen LogP contribution in [-0.4, -0.2) is 25.8 Å². The van der Waals surface area contributed by atoms with Gasteiger partial charge in [0, 0.05) is 9.13 Å². The summed E-state index contributed by atoms with van der Waals surface area (Å²) >= 11 is 5.07. The summed E-state index contributed by atoms with van der Waals surface area (Å²) in [4.78, 5) is 11.4. The van der Waals surface area contributed by atoms with Crippen molar-refractivity contribution in [3.8, 4) is 0 Å². The van der Waals surface area contributed by atoms with Crippen LogP contribution >= 0.6 is 38.5 Å². The maximum Gasteiger partial charge on any atom is 0.229 e. The topological polar surface area (TPSA) is 63.2 Å². The van der Waals surface area contributed by atoms with E-state index in [-0.39, 0.29) is 11.1 Å². The molecule has 0 saturated carbocycles. The van der Waals surface area contributed by atoms with Crippen molar-refractivity contribution in [1.82, 2.24) is 0 Å². The first-order valence-electron chi connectivity index (χ1n) is 4.20. The highest BCUT2D eigenvalue weighted by atomic mass is 127. The number of anilines is 1. The molecule has 1 aromatic rings. The van der Waals surface area contributed by atoms with Crippen LogP contribution in [0, 0.1) is 3.57 Å². The Kier molecular flexibility index (Phi) is 4.74. The summed E-state index contributed by atoms with van der Waals surface area (Å²) < 4.78 is 25.3. The van der Waals surface area contributed by atoms with Crippen LogP contribution in [-0.2, 0) is 10.0 Å². The minimum atomic E-state index is -3.33. The van der Waals surface area contributed by atoms with Gasteiger partial charge in [0.1, 0.15) is 0 Å². The maximum absolute atomic E-state index is 11.4. The van der Waals surface area contributed by atoms with Crippen LogP contribution in [0.2, 0.25) is 0 Å². The van der Waals surface area contributed by atoms with E-state index in [1.54, 1.807) is 12.1 Å². The Bertz CT molecular complexity index is 515. The summed E-state index contributed by atoms with van der Waals surface area (Å²) in [6.07, 6.45) is 1.07. The summed E-state index contributed by atoms with van der Waals surface area (Å²) in [5, 5.41) is 0.214. The molecule has 0 radical (unpaired) electrons. The number of alkyl halides is 1. The zero-order chi connectivity index (χ0) is 12.3. The molecule has 0 aliphatic rings. The van der Waals surface area contributed by atoms with Gasteiger partial charge in [0.2, 0.25) is 10.0 Å². The van der Waals surface area contributed by atoms with E-state index in [1.807, 2.05) is 22.6 Å². The van der Waals surface area contributed by atoms with Gasteiger partial charge in [-0.15, -0.1) is 0 Å². The van der Waals surface area contributed by atoms with E-state index in [0.717, 1.165) is 9.83 Å². The SMILES string of the molecule is CS(=O)(=O)Nc1cc(C(=O)CBr)ccc1I. The summed E-state index contributed by atoms with van der Waals surface area (Å²) in [5.74, 6) is -0.0899. The van der Waals surface area contributed by atoms with Crippen molar-refractivity contribution in [2.45, 2.75) is 0 Å². The summed E-state index contributed by atoms with van der Waals surface area (Å²) in [7, 11) is -3.33. The summed E-state index contributed by atoms with van der Waals surface area (Å²) in [5.41, 5.74) is 0.901. The number of carbonyl (C=O) groups is 1. The smallest absolute Gasteiger partial charge is 0.229 e. The molecule has 16 heavy (non-hydrogen) atoms. The van der Waals surface area contributed by atoms with Gasteiger partial charge in [0.25, 0.3) is 0 Å². The normalized spacial score (nSPS) is 11.2. The first kappa shape index (κ1) is 13.9. The lowest BCUT2D eigenvalue weighted by Gasteiger charge is -2.07. The van der Waals surface area contributed by atoms with E-state index < -0.39 is 10.0 Å². The molecule has 4 nitrogen and oxygen atoms in total. The fraction of sp³-hybridized carbons (Fsp3) is 0.222. The minimum absolute atomic E-state index is 0.0899. The van der Waals surface area contributed by atoms with E-state index in [9.17, 15) is 13.2 Å². The number of hydrogen-bond acceptors (Lipinski definition) is 3. The Hall–Kier alpha value is -0.150. The highest BCUT2D eigenvalue weighted by Gasteiger charge is 2.10. The second-order valence-electron chi connectivity index (χ2n) is 3.13. The van der Waals surface area contributed by atoms with Gasteiger partial charge in [-0.25, -0.2) is 8.42 Å². The molecular weight excluding hydrogens is 409 g/mol. The molecule has 0 aromatic heterocycles. The van der Waals surface area contributed by atoms with Gasteiger partial charge < -0.3 is 0 Å². The van der Waals surface area contributed by atoms with E-state index in [0.29, 0.717) is 11.3 Å². The molecule has 7 heteroatoms. The minimum Gasteiger partial charge on any atom is -0.293 e. The molecule has 0 unspecified atom stereocenters. The Morgan fingerprint density at radius 3 is 2.62 bits per heavy atom. The van der Waals surface area contributed by atoms with E-state index in [2.05, 4.69) is 20.7 Å². The van der Waals surface area contributed by atoms with Crippen LogP contribution < -0.4 is 4.72 Å². The van der Waals surface area contributed by atoms with Crippen molar-refractivity contribution in [3.63, 3.8) is 0 Å². The molecule has 0 bridgehead atoms. The molecule has 88 valence electrons. The molecule has 1 N–H and O–H groups in total. The van der Waals surface area contributed by atoms with Crippen LogP contribution in [0.4, 0.5) is 5.69 Å². The first-order valence-corrected chi connectivity index (χ1v) is 8.29. The molecule has 0 saturated heterocycles. The average Bonchev–Trinajstić information content (AvgIpc) is 2.18. The van der Waals surface area contributed by atoms with Gasteiger partial charge in [-0.1, -0.05) is 22.0 Å². The molecule has 0 amide bonds. The maximum atomic E-state index is 11.4. The van der Waals surface area contributed by atoms with Crippen LogP contribution in [0.1, 0.15) is 10.4 Å².